The fourth-order valence-corrected chi connectivity index (χ4v) is 4.47. The first-order chi connectivity index (χ1) is 18.1. The van der Waals surface area contributed by atoms with Crippen molar-refractivity contribution in [3.05, 3.63) is 107 Å². The fourth-order valence-electron chi connectivity index (χ4n) is 4.47. The number of phenolic OH excluding ortho intramolecular Hbond substituents is 1. The molecular weight excluding hydrogens is 470 g/mol. The van der Waals surface area contributed by atoms with Gasteiger partial charge in [-0.15, -0.1) is 5.10 Å². The fraction of sp³-hybridized carbons (Fsp3) is 0.143. The van der Waals surface area contributed by atoms with Crippen molar-refractivity contribution in [3.63, 3.8) is 0 Å². The number of benzene rings is 3. The van der Waals surface area contributed by atoms with Gasteiger partial charge in [0.2, 0.25) is 5.88 Å². The van der Waals surface area contributed by atoms with Crippen LogP contribution in [0.15, 0.2) is 84.3 Å². The minimum absolute atomic E-state index is 0.0964. The predicted octanol–water partition coefficient (Wildman–Crippen LogP) is 5.07. The Hall–Kier alpha value is -4.92. The van der Waals surface area contributed by atoms with Crippen LogP contribution >= 0.6 is 0 Å². The summed E-state index contributed by atoms with van der Waals surface area (Å²) in [7, 11) is 1.63. The normalized spacial score (nSPS) is 14.5. The van der Waals surface area contributed by atoms with E-state index in [1.807, 2.05) is 67.6 Å². The molecule has 2 aromatic heterocycles. The van der Waals surface area contributed by atoms with Gasteiger partial charge in [0, 0.05) is 17.5 Å². The molecular formula is C28H23N5O4. The van der Waals surface area contributed by atoms with E-state index in [0.29, 0.717) is 23.1 Å². The predicted molar refractivity (Wildman–Crippen MR) is 136 cm³/mol. The van der Waals surface area contributed by atoms with Crippen LogP contribution < -0.4 is 9.47 Å². The molecule has 0 aliphatic carbocycles. The number of phenols is 1. The highest BCUT2D eigenvalue weighted by Crippen LogP contribution is 2.48. The van der Waals surface area contributed by atoms with E-state index in [2.05, 4.69) is 15.2 Å². The molecule has 9 heteroatoms. The summed E-state index contributed by atoms with van der Waals surface area (Å²) in [5, 5.41) is 18.8. The highest BCUT2D eigenvalue weighted by molar-refractivity contribution is 5.98. The lowest BCUT2D eigenvalue weighted by atomic mass is 9.84. The average Bonchev–Trinajstić information content (AvgIpc) is 3.35. The van der Waals surface area contributed by atoms with Gasteiger partial charge >= 0.3 is 0 Å². The molecule has 9 nitrogen and oxygen atoms in total. The Labute approximate surface area is 212 Å². The summed E-state index contributed by atoms with van der Waals surface area (Å²) < 4.78 is 13.1. The second-order valence-electron chi connectivity index (χ2n) is 8.61. The molecule has 1 aliphatic heterocycles. The van der Waals surface area contributed by atoms with E-state index in [0.717, 1.165) is 33.7 Å². The molecule has 0 saturated carbocycles. The van der Waals surface area contributed by atoms with Gasteiger partial charge in [0.15, 0.2) is 18.1 Å². The Morgan fingerprint density at radius 1 is 1.08 bits per heavy atom. The zero-order valence-electron chi connectivity index (χ0n) is 20.2. The molecule has 0 radical (unpaired) electrons. The van der Waals surface area contributed by atoms with E-state index in [9.17, 15) is 5.11 Å². The smallest absolute Gasteiger partial charge is 0.228 e. The molecule has 184 valence electrons. The number of ether oxygens (including phenoxy) is 2. The maximum Gasteiger partial charge on any atom is 0.228 e. The van der Waals surface area contributed by atoms with Crippen LogP contribution in [0, 0.1) is 0 Å². The third-order valence-electron chi connectivity index (χ3n) is 6.27. The standard InChI is InChI=1S/C28H23N5O4/c1-17(18-6-4-3-5-7-18)32-36-15-24-30-27-26-25(19-8-11-21(35-2)12-9-19)22-13-10-20(34)14-23(22)37-28(26)29-16-33(27)31-24/h3-14,16,25,34H,15H2,1-2H3. The molecule has 1 N–H and O–H groups in total. The van der Waals surface area contributed by atoms with Gasteiger partial charge in [-0.25, -0.2) is 14.5 Å². The summed E-state index contributed by atoms with van der Waals surface area (Å²) in [5.41, 5.74) is 5.00. The number of rotatable bonds is 6. The second kappa shape index (κ2) is 9.27. The van der Waals surface area contributed by atoms with Crippen molar-refractivity contribution >= 4 is 11.4 Å². The molecule has 0 saturated heterocycles. The van der Waals surface area contributed by atoms with Crippen molar-refractivity contribution in [1.82, 2.24) is 19.6 Å². The SMILES string of the molecule is COc1ccc(C2c3ccc(O)cc3Oc3ncn4nc(CON=C(C)c5ccccc5)nc4c32)cc1. The largest absolute Gasteiger partial charge is 0.508 e. The lowest BCUT2D eigenvalue weighted by Crippen LogP contribution is -2.15. The van der Waals surface area contributed by atoms with E-state index >= 15 is 0 Å². The molecule has 5 aromatic rings. The van der Waals surface area contributed by atoms with Crippen molar-refractivity contribution in [1.29, 1.82) is 0 Å². The number of hydrogen-bond acceptors (Lipinski definition) is 8. The molecule has 1 atom stereocenters. The van der Waals surface area contributed by atoms with Crippen molar-refractivity contribution in [2.75, 3.05) is 7.11 Å². The number of aromatic hydroxyl groups is 1. The minimum Gasteiger partial charge on any atom is -0.508 e. The molecule has 0 amide bonds. The van der Waals surface area contributed by atoms with Crippen LogP contribution in [-0.4, -0.2) is 37.5 Å². The van der Waals surface area contributed by atoms with Crippen molar-refractivity contribution < 1.29 is 19.4 Å². The molecule has 0 spiro atoms. The molecule has 6 rings (SSSR count). The summed E-state index contributed by atoms with van der Waals surface area (Å²) in [5.74, 6) is 2.03. The topological polar surface area (TPSA) is 103 Å². The Balaban J connectivity index is 1.39. The zero-order chi connectivity index (χ0) is 25.4. The molecule has 0 fully saturated rings. The average molecular weight is 494 g/mol. The summed E-state index contributed by atoms with van der Waals surface area (Å²) in [6, 6.07) is 22.7. The van der Waals surface area contributed by atoms with Gasteiger partial charge in [0.05, 0.1) is 18.4 Å². The van der Waals surface area contributed by atoms with Gasteiger partial charge in [-0.05, 0) is 36.2 Å². The van der Waals surface area contributed by atoms with Crippen molar-refractivity contribution in [3.8, 4) is 23.1 Å². The number of fused-ring (bicyclic) bond motifs is 4. The van der Waals surface area contributed by atoms with Crippen molar-refractivity contribution in [2.45, 2.75) is 19.4 Å². The lowest BCUT2D eigenvalue weighted by molar-refractivity contribution is 0.125. The molecule has 3 heterocycles. The first-order valence-electron chi connectivity index (χ1n) is 11.7. The quantitative estimate of drug-likeness (QED) is 0.255. The third kappa shape index (κ3) is 4.20. The van der Waals surface area contributed by atoms with E-state index in [1.165, 1.54) is 0 Å². The van der Waals surface area contributed by atoms with Crippen LogP contribution in [0.4, 0.5) is 0 Å². The van der Waals surface area contributed by atoms with Gasteiger partial charge in [-0.3, -0.25) is 0 Å². The van der Waals surface area contributed by atoms with Gasteiger partial charge in [0.25, 0.3) is 0 Å². The number of aromatic nitrogens is 4. The third-order valence-corrected chi connectivity index (χ3v) is 6.27. The maximum atomic E-state index is 10.1. The van der Waals surface area contributed by atoms with Crippen LogP contribution in [0.25, 0.3) is 5.65 Å². The number of oxime groups is 1. The van der Waals surface area contributed by atoms with Crippen LogP contribution in [0.1, 0.15) is 40.9 Å². The first-order valence-corrected chi connectivity index (χ1v) is 11.7. The number of hydrogen-bond donors (Lipinski definition) is 1. The Morgan fingerprint density at radius 2 is 1.89 bits per heavy atom. The number of methoxy groups -OCH3 is 1. The van der Waals surface area contributed by atoms with E-state index < -0.39 is 0 Å². The molecule has 37 heavy (non-hydrogen) atoms. The number of nitrogens with zero attached hydrogens (tertiary/aromatic N) is 5. The Kier molecular flexibility index (Phi) is 5.65. The lowest BCUT2D eigenvalue weighted by Gasteiger charge is -2.28. The van der Waals surface area contributed by atoms with Crippen LogP contribution in [0.5, 0.6) is 23.1 Å². The molecule has 1 unspecified atom stereocenters. The summed E-state index contributed by atoms with van der Waals surface area (Å²) in [6.07, 6.45) is 1.56. The van der Waals surface area contributed by atoms with Gasteiger partial charge in [-0.2, -0.15) is 0 Å². The first kappa shape index (κ1) is 22.5. The van der Waals surface area contributed by atoms with Crippen LogP contribution in [-0.2, 0) is 11.4 Å². The summed E-state index contributed by atoms with van der Waals surface area (Å²) in [4.78, 5) is 14.8. The molecule has 1 aliphatic rings. The highest BCUT2D eigenvalue weighted by Gasteiger charge is 2.33. The van der Waals surface area contributed by atoms with Gasteiger partial charge < -0.3 is 19.4 Å². The summed E-state index contributed by atoms with van der Waals surface area (Å²) in [6.45, 7) is 1.98. The Bertz CT molecular complexity index is 1610. The summed E-state index contributed by atoms with van der Waals surface area (Å²) >= 11 is 0. The van der Waals surface area contributed by atoms with E-state index in [1.54, 1.807) is 30.1 Å². The highest BCUT2D eigenvalue weighted by atomic mass is 16.6. The van der Waals surface area contributed by atoms with E-state index in [4.69, 9.17) is 19.3 Å². The van der Waals surface area contributed by atoms with E-state index in [-0.39, 0.29) is 18.3 Å². The second-order valence-corrected chi connectivity index (χ2v) is 8.61. The Morgan fingerprint density at radius 3 is 2.68 bits per heavy atom. The maximum absolute atomic E-state index is 10.1. The molecule has 3 aromatic carbocycles. The van der Waals surface area contributed by atoms with Crippen LogP contribution in [0.2, 0.25) is 0 Å². The monoisotopic (exact) mass is 493 g/mol. The van der Waals surface area contributed by atoms with Crippen molar-refractivity contribution in [2.24, 2.45) is 5.16 Å². The van der Waals surface area contributed by atoms with Gasteiger partial charge in [0.1, 0.15) is 23.6 Å². The van der Waals surface area contributed by atoms with Crippen LogP contribution in [0.3, 0.4) is 0 Å². The van der Waals surface area contributed by atoms with Gasteiger partial charge in [-0.1, -0.05) is 53.7 Å². The zero-order valence-corrected chi connectivity index (χ0v) is 20.2. The molecule has 0 bridgehead atoms. The minimum atomic E-state index is -0.252.